The van der Waals surface area contributed by atoms with Crippen LogP contribution in [0, 0.1) is 6.92 Å². The number of carboxylic acids is 1. The quantitative estimate of drug-likeness (QED) is 0.608. The van der Waals surface area contributed by atoms with E-state index in [9.17, 15) is 4.79 Å². The van der Waals surface area contributed by atoms with Gasteiger partial charge in [-0.2, -0.15) is 4.98 Å². The molecule has 2 heterocycles. The van der Waals surface area contributed by atoms with E-state index < -0.39 is 5.97 Å². The molecule has 0 aliphatic heterocycles. The third kappa shape index (κ3) is 4.46. The number of aromatic nitrogens is 3. The van der Waals surface area contributed by atoms with Gasteiger partial charge in [0, 0.05) is 24.0 Å². The van der Waals surface area contributed by atoms with Gasteiger partial charge in [0.05, 0.1) is 16.4 Å². The van der Waals surface area contributed by atoms with E-state index in [4.69, 9.17) is 16.7 Å². The monoisotopic (exact) mass is 369 g/mol. The van der Waals surface area contributed by atoms with Gasteiger partial charge in [-0.25, -0.2) is 4.98 Å². The lowest BCUT2D eigenvalue weighted by Crippen LogP contribution is -2.15. The van der Waals surface area contributed by atoms with Crippen LogP contribution >= 0.6 is 11.6 Å². The number of benzene rings is 1. The highest BCUT2D eigenvalue weighted by atomic mass is 35.5. The minimum atomic E-state index is -1.00. The van der Waals surface area contributed by atoms with Crippen LogP contribution in [-0.2, 0) is 4.79 Å². The molecule has 0 bridgehead atoms. The molecule has 3 rings (SSSR count). The maximum absolute atomic E-state index is 10.8. The molecule has 132 valence electrons. The Morgan fingerprint density at radius 2 is 1.92 bits per heavy atom. The minimum absolute atomic E-state index is 0.201. The highest BCUT2D eigenvalue weighted by Gasteiger charge is 2.09. The van der Waals surface area contributed by atoms with Crippen LogP contribution in [0.15, 0.2) is 48.8 Å². The van der Waals surface area contributed by atoms with Crippen LogP contribution < -0.4 is 10.6 Å². The number of nitrogens with one attached hydrogen (secondary N) is 2. The summed E-state index contributed by atoms with van der Waals surface area (Å²) in [6, 6.07) is 11.0. The summed E-state index contributed by atoms with van der Waals surface area (Å²) >= 11 is 6.27. The molecule has 0 radical (unpaired) electrons. The van der Waals surface area contributed by atoms with Crippen LogP contribution in [-0.4, -0.2) is 32.6 Å². The van der Waals surface area contributed by atoms with Crippen molar-refractivity contribution >= 4 is 35.0 Å². The Hall–Kier alpha value is -3.19. The molecule has 0 aliphatic rings. The van der Waals surface area contributed by atoms with Crippen LogP contribution in [0.25, 0.3) is 11.3 Å². The predicted octanol–water partition coefficient (Wildman–Crippen LogP) is 3.74. The smallest absolute Gasteiger partial charge is 0.322 e. The topological polar surface area (TPSA) is 100 Å². The minimum Gasteiger partial charge on any atom is -0.480 e. The third-order valence-electron chi connectivity index (χ3n) is 3.49. The van der Waals surface area contributed by atoms with E-state index in [1.807, 2.05) is 37.3 Å². The fourth-order valence-corrected chi connectivity index (χ4v) is 2.56. The standard InChI is InChI=1S/C18H16ClN5O2/c1-11-2-3-14(13(19)8-11)22-16-9-15(12-4-6-20-7-5-12)23-18(24-16)21-10-17(25)26/h2-9H,10H2,1H3,(H,25,26)(H2,21,22,23,24). The molecule has 2 aromatic heterocycles. The maximum Gasteiger partial charge on any atom is 0.322 e. The van der Waals surface area contributed by atoms with Crippen LogP contribution in [0.5, 0.6) is 0 Å². The Bertz CT molecular complexity index is 934. The maximum atomic E-state index is 10.8. The summed E-state index contributed by atoms with van der Waals surface area (Å²) < 4.78 is 0. The predicted molar refractivity (Wildman–Crippen MR) is 101 cm³/mol. The molecule has 0 amide bonds. The molecule has 26 heavy (non-hydrogen) atoms. The average molecular weight is 370 g/mol. The summed E-state index contributed by atoms with van der Waals surface area (Å²) in [7, 11) is 0. The number of pyridine rings is 1. The van der Waals surface area contributed by atoms with Crippen LogP contribution in [0.1, 0.15) is 5.56 Å². The number of halogens is 1. The van der Waals surface area contributed by atoms with Crippen molar-refractivity contribution < 1.29 is 9.90 Å². The van der Waals surface area contributed by atoms with E-state index in [0.29, 0.717) is 22.2 Å². The van der Waals surface area contributed by atoms with E-state index in [2.05, 4.69) is 25.6 Å². The number of hydrogen-bond donors (Lipinski definition) is 3. The van der Waals surface area contributed by atoms with E-state index >= 15 is 0 Å². The number of aryl methyl sites for hydroxylation is 1. The van der Waals surface area contributed by atoms with Gasteiger partial charge in [0.2, 0.25) is 5.95 Å². The second-order valence-corrected chi connectivity index (χ2v) is 5.96. The van der Waals surface area contributed by atoms with Gasteiger partial charge in [-0.3, -0.25) is 9.78 Å². The zero-order chi connectivity index (χ0) is 18.5. The molecule has 3 aromatic rings. The first-order chi connectivity index (χ1) is 12.5. The number of rotatable bonds is 6. The number of hydrogen-bond acceptors (Lipinski definition) is 6. The summed E-state index contributed by atoms with van der Waals surface area (Å²) in [5.41, 5.74) is 3.20. The fraction of sp³-hybridized carbons (Fsp3) is 0.111. The van der Waals surface area contributed by atoms with Gasteiger partial charge in [0.15, 0.2) is 0 Å². The van der Waals surface area contributed by atoms with Gasteiger partial charge >= 0.3 is 5.97 Å². The Kier molecular flexibility index (Phi) is 5.28. The highest BCUT2D eigenvalue weighted by Crippen LogP contribution is 2.28. The molecule has 0 fully saturated rings. The summed E-state index contributed by atoms with van der Waals surface area (Å²) in [4.78, 5) is 23.5. The fourth-order valence-electron chi connectivity index (χ4n) is 2.28. The van der Waals surface area contributed by atoms with E-state index in [0.717, 1.165) is 11.1 Å². The van der Waals surface area contributed by atoms with Crippen molar-refractivity contribution in [3.8, 4) is 11.3 Å². The Labute approximate surface area is 155 Å². The molecule has 0 atom stereocenters. The largest absolute Gasteiger partial charge is 0.480 e. The van der Waals surface area contributed by atoms with Gasteiger partial charge < -0.3 is 15.7 Å². The molecule has 7 nitrogen and oxygen atoms in total. The van der Waals surface area contributed by atoms with Crippen molar-refractivity contribution in [2.24, 2.45) is 0 Å². The van der Waals surface area contributed by atoms with Crippen molar-refractivity contribution in [2.75, 3.05) is 17.2 Å². The first-order valence-electron chi connectivity index (χ1n) is 7.79. The number of aliphatic carboxylic acids is 1. The third-order valence-corrected chi connectivity index (χ3v) is 3.80. The average Bonchev–Trinajstić information content (AvgIpc) is 2.63. The van der Waals surface area contributed by atoms with Crippen molar-refractivity contribution in [1.29, 1.82) is 0 Å². The Morgan fingerprint density at radius 3 is 2.62 bits per heavy atom. The summed E-state index contributed by atoms with van der Waals surface area (Å²) in [5.74, 6) is -0.308. The molecule has 0 saturated carbocycles. The van der Waals surface area contributed by atoms with Gasteiger partial charge in [0.1, 0.15) is 12.4 Å². The van der Waals surface area contributed by atoms with E-state index in [1.165, 1.54) is 0 Å². The lowest BCUT2D eigenvalue weighted by atomic mass is 10.2. The number of nitrogens with zero attached hydrogens (tertiary/aromatic N) is 3. The van der Waals surface area contributed by atoms with Crippen LogP contribution in [0.4, 0.5) is 17.5 Å². The van der Waals surface area contributed by atoms with Gasteiger partial charge in [-0.15, -0.1) is 0 Å². The molecular formula is C18H16ClN5O2. The zero-order valence-electron chi connectivity index (χ0n) is 13.9. The van der Waals surface area contributed by atoms with Crippen molar-refractivity contribution in [3.05, 3.63) is 59.4 Å². The highest BCUT2D eigenvalue weighted by molar-refractivity contribution is 6.33. The molecular weight excluding hydrogens is 354 g/mol. The molecule has 3 N–H and O–H groups in total. The summed E-state index contributed by atoms with van der Waals surface area (Å²) in [5, 5.41) is 15.3. The van der Waals surface area contributed by atoms with Gasteiger partial charge in [-0.1, -0.05) is 17.7 Å². The molecule has 0 saturated heterocycles. The van der Waals surface area contributed by atoms with Crippen molar-refractivity contribution in [2.45, 2.75) is 6.92 Å². The van der Waals surface area contributed by atoms with Crippen molar-refractivity contribution in [3.63, 3.8) is 0 Å². The molecule has 1 aromatic carbocycles. The Morgan fingerprint density at radius 1 is 1.15 bits per heavy atom. The number of carbonyl (C=O) groups is 1. The van der Waals surface area contributed by atoms with Gasteiger partial charge in [-0.05, 0) is 36.8 Å². The summed E-state index contributed by atoms with van der Waals surface area (Å²) in [6.07, 6.45) is 3.32. The van der Waals surface area contributed by atoms with Crippen molar-refractivity contribution in [1.82, 2.24) is 15.0 Å². The first-order valence-corrected chi connectivity index (χ1v) is 8.17. The molecule has 0 unspecified atom stereocenters. The first kappa shape index (κ1) is 17.6. The molecule has 0 spiro atoms. The van der Waals surface area contributed by atoms with E-state index in [1.54, 1.807) is 18.5 Å². The van der Waals surface area contributed by atoms with Gasteiger partial charge in [0.25, 0.3) is 0 Å². The molecule has 0 aliphatic carbocycles. The normalized spacial score (nSPS) is 10.4. The van der Waals surface area contributed by atoms with Crippen LogP contribution in [0.2, 0.25) is 5.02 Å². The zero-order valence-corrected chi connectivity index (χ0v) is 14.7. The second kappa shape index (κ2) is 7.79. The second-order valence-electron chi connectivity index (χ2n) is 5.55. The number of carboxylic acid groups (broad SMARTS) is 1. The summed E-state index contributed by atoms with van der Waals surface area (Å²) in [6.45, 7) is 1.67. The number of anilines is 3. The SMILES string of the molecule is Cc1ccc(Nc2cc(-c3ccncc3)nc(NCC(=O)O)n2)c(Cl)c1. The Balaban J connectivity index is 1.97. The van der Waals surface area contributed by atoms with Crippen LogP contribution in [0.3, 0.4) is 0 Å². The lowest BCUT2D eigenvalue weighted by Gasteiger charge is -2.12. The molecule has 8 heteroatoms. The lowest BCUT2D eigenvalue weighted by molar-refractivity contribution is -0.134. The van der Waals surface area contributed by atoms with E-state index in [-0.39, 0.29) is 12.5 Å².